The summed E-state index contributed by atoms with van der Waals surface area (Å²) in [6.45, 7) is 0. The van der Waals surface area contributed by atoms with E-state index in [-0.39, 0.29) is 10.8 Å². The number of rotatable bonds is 4. The molecule has 0 aliphatic carbocycles. The molecule has 0 atom stereocenters. The predicted octanol–water partition coefficient (Wildman–Crippen LogP) is 3.21. The molecule has 3 N–H and O–H groups in total. The Morgan fingerprint density at radius 3 is 2.47 bits per heavy atom. The minimum atomic E-state index is -0.372. The lowest BCUT2D eigenvalue weighted by Gasteiger charge is -2.11. The average Bonchev–Trinajstić information content (AvgIpc) is 2.41. The van der Waals surface area contributed by atoms with E-state index in [0.29, 0.717) is 11.3 Å². The number of thiocarbonyl (C=S) groups is 1. The Bertz CT molecular complexity index is 599. The van der Waals surface area contributed by atoms with Gasteiger partial charge >= 0.3 is 0 Å². The summed E-state index contributed by atoms with van der Waals surface area (Å²) in [4.78, 5) is 0.149. The smallest absolute Gasteiger partial charge is 0.124 e. The number of benzene rings is 2. The van der Waals surface area contributed by atoms with Crippen LogP contribution in [0.4, 0.5) is 15.8 Å². The van der Waals surface area contributed by atoms with Gasteiger partial charge in [0.2, 0.25) is 0 Å². The summed E-state index contributed by atoms with van der Waals surface area (Å²) < 4.78 is 18.3. The van der Waals surface area contributed by atoms with Crippen LogP contribution in [0.25, 0.3) is 0 Å². The van der Waals surface area contributed by atoms with Gasteiger partial charge in [0.1, 0.15) is 16.6 Å². The van der Waals surface area contributed by atoms with Crippen molar-refractivity contribution in [1.82, 2.24) is 0 Å². The number of hydrogen-bond donors (Lipinski definition) is 2. The molecule has 2 aromatic carbocycles. The van der Waals surface area contributed by atoms with Crippen LogP contribution in [0.15, 0.2) is 42.5 Å². The van der Waals surface area contributed by atoms with Crippen molar-refractivity contribution < 1.29 is 9.13 Å². The lowest BCUT2D eigenvalue weighted by Crippen LogP contribution is -2.12. The summed E-state index contributed by atoms with van der Waals surface area (Å²) in [5.41, 5.74) is 7.57. The first-order chi connectivity index (χ1) is 9.10. The van der Waals surface area contributed by atoms with Gasteiger partial charge in [-0.1, -0.05) is 12.2 Å². The van der Waals surface area contributed by atoms with E-state index < -0.39 is 0 Å². The molecule has 0 heterocycles. The Labute approximate surface area is 116 Å². The van der Waals surface area contributed by atoms with Crippen LogP contribution < -0.4 is 15.8 Å². The maximum atomic E-state index is 13.2. The predicted molar refractivity (Wildman–Crippen MR) is 78.6 cm³/mol. The number of ether oxygens (including phenoxy) is 1. The van der Waals surface area contributed by atoms with Gasteiger partial charge in [-0.2, -0.15) is 0 Å². The molecule has 0 saturated heterocycles. The molecule has 0 amide bonds. The van der Waals surface area contributed by atoms with E-state index >= 15 is 0 Å². The number of nitrogens with two attached hydrogens (primary N) is 1. The van der Waals surface area contributed by atoms with Crippen LogP contribution in [0.1, 0.15) is 5.56 Å². The quantitative estimate of drug-likeness (QED) is 0.842. The van der Waals surface area contributed by atoms with Crippen molar-refractivity contribution in [3.8, 4) is 5.75 Å². The van der Waals surface area contributed by atoms with Crippen molar-refractivity contribution in [2.75, 3.05) is 12.4 Å². The Morgan fingerprint density at radius 2 is 1.89 bits per heavy atom. The van der Waals surface area contributed by atoms with E-state index in [1.165, 1.54) is 12.1 Å². The van der Waals surface area contributed by atoms with Gasteiger partial charge in [-0.3, -0.25) is 0 Å². The van der Waals surface area contributed by atoms with E-state index in [9.17, 15) is 4.39 Å². The first kappa shape index (κ1) is 13.3. The first-order valence-electron chi connectivity index (χ1n) is 5.60. The Morgan fingerprint density at radius 1 is 1.21 bits per heavy atom. The standard InChI is InChI=1S/C14H13FN2OS/c1-18-11-5-3-10(4-6-11)17-13-7-2-9(15)8-12(13)14(16)19/h2-8,17H,1H3,(H2,16,19). The largest absolute Gasteiger partial charge is 0.497 e. The number of nitrogens with one attached hydrogen (secondary N) is 1. The van der Waals surface area contributed by atoms with Gasteiger partial charge in [-0.05, 0) is 42.5 Å². The third-order valence-electron chi connectivity index (χ3n) is 2.62. The average molecular weight is 276 g/mol. The second kappa shape index (κ2) is 5.67. The minimum Gasteiger partial charge on any atom is -0.497 e. The van der Waals surface area contributed by atoms with Crippen molar-refractivity contribution in [3.63, 3.8) is 0 Å². The SMILES string of the molecule is COc1ccc(Nc2ccc(F)cc2C(N)=S)cc1. The molecule has 0 aliphatic rings. The Hall–Kier alpha value is -2.14. The monoisotopic (exact) mass is 276 g/mol. The molecule has 3 nitrogen and oxygen atoms in total. The zero-order chi connectivity index (χ0) is 13.8. The van der Waals surface area contributed by atoms with E-state index in [1.54, 1.807) is 13.2 Å². The highest BCUT2D eigenvalue weighted by atomic mass is 32.1. The van der Waals surface area contributed by atoms with Crippen LogP contribution in [-0.4, -0.2) is 12.1 Å². The lowest BCUT2D eigenvalue weighted by molar-refractivity contribution is 0.415. The summed E-state index contributed by atoms with van der Waals surface area (Å²) in [6.07, 6.45) is 0. The van der Waals surface area contributed by atoms with Crippen molar-refractivity contribution in [1.29, 1.82) is 0 Å². The van der Waals surface area contributed by atoms with E-state index in [4.69, 9.17) is 22.7 Å². The fourth-order valence-electron chi connectivity index (χ4n) is 1.66. The van der Waals surface area contributed by atoms with Gasteiger partial charge in [0, 0.05) is 16.9 Å². The molecule has 5 heteroatoms. The molecule has 98 valence electrons. The van der Waals surface area contributed by atoms with Gasteiger partial charge < -0.3 is 15.8 Å². The third-order valence-corrected chi connectivity index (χ3v) is 2.84. The maximum absolute atomic E-state index is 13.2. The van der Waals surface area contributed by atoms with Gasteiger partial charge in [-0.25, -0.2) is 4.39 Å². The molecule has 19 heavy (non-hydrogen) atoms. The highest BCUT2D eigenvalue weighted by Gasteiger charge is 2.07. The molecule has 0 fully saturated rings. The van der Waals surface area contributed by atoms with Crippen LogP contribution >= 0.6 is 12.2 Å². The minimum absolute atomic E-state index is 0.149. The maximum Gasteiger partial charge on any atom is 0.124 e. The first-order valence-corrected chi connectivity index (χ1v) is 6.01. The fraction of sp³-hybridized carbons (Fsp3) is 0.0714. The second-order valence-electron chi connectivity index (χ2n) is 3.91. The molecule has 2 aromatic rings. The Balaban J connectivity index is 2.29. The van der Waals surface area contributed by atoms with Crippen LogP contribution in [0.2, 0.25) is 0 Å². The van der Waals surface area contributed by atoms with Gasteiger partial charge in [0.05, 0.1) is 7.11 Å². The van der Waals surface area contributed by atoms with Gasteiger partial charge in [0.15, 0.2) is 0 Å². The van der Waals surface area contributed by atoms with Crippen LogP contribution in [-0.2, 0) is 0 Å². The number of anilines is 2. The normalized spacial score (nSPS) is 10.0. The summed E-state index contributed by atoms with van der Waals surface area (Å²) >= 11 is 4.92. The molecular formula is C14H13FN2OS. The van der Waals surface area contributed by atoms with Crippen LogP contribution in [0, 0.1) is 5.82 Å². The summed E-state index contributed by atoms with van der Waals surface area (Å²) in [5.74, 6) is 0.391. The van der Waals surface area contributed by atoms with Crippen molar-refractivity contribution >= 4 is 28.6 Å². The highest BCUT2D eigenvalue weighted by molar-refractivity contribution is 7.80. The number of methoxy groups -OCH3 is 1. The molecule has 0 bridgehead atoms. The molecule has 0 aromatic heterocycles. The van der Waals surface area contributed by atoms with E-state index in [2.05, 4.69) is 5.32 Å². The van der Waals surface area contributed by atoms with E-state index in [1.807, 2.05) is 24.3 Å². The molecule has 0 radical (unpaired) electrons. The van der Waals surface area contributed by atoms with Crippen LogP contribution in [0.5, 0.6) is 5.75 Å². The number of hydrogen-bond acceptors (Lipinski definition) is 3. The van der Waals surface area contributed by atoms with Gasteiger partial charge in [0.25, 0.3) is 0 Å². The zero-order valence-corrected chi connectivity index (χ0v) is 11.1. The van der Waals surface area contributed by atoms with Gasteiger partial charge in [-0.15, -0.1) is 0 Å². The lowest BCUT2D eigenvalue weighted by atomic mass is 10.1. The topological polar surface area (TPSA) is 47.3 Å². The molecule has 0 spiro atoms. The highest BCUT2D eigenvalue weighted by Crippen LogP contribution is 2.23. The summed E-state index contributed by atoms with van der Waals surface area (Å²) in [7, 11) is 1.60. The molecular weight excluding hydrogens is 263 g/mol. The molecule has 0 saturated carbocycles. The van der Waals surface area contributed by atoms with Crippen molar-refractivity contribution in [2.45, 2.75) is 0 Å². The molecule has 2 rings (SSSR count). The van der Waals surface area contributed by atoms with Crippen molar-refractivity contribution in [2.24, 2.45) is 5.73 Å². The van der Waals surface area contributed by atoms with Crippen LogP contribution in [0.3, 0.4) is 0 Å². The molecule has 0 unspecified atom stereocenters. The van der Waals surface area contributed by atoms with E-state index in [0.717, 1.165) is 11.4 Å². The second-order valence-corrected chi connectivity index (χ2v) is 4.35. The molecule has 0 aliphatic heterocycles. The third kappa shape index (κ3) is 3.20. The number of halogens is 1. The fourth-order valence-corrected chi connectivity index (χ4v) is 1.83. The summed E-state index contributed by atoms with van der Waals surface area (Å²) in [6, 6.07) is 11.6. The van der Waals surface area contributed by atoms with Crippen molar-refractivity contribution in [3.05, 3.63) is 53.8 Å². The summed E-state index contributed by atoms with van der Waals surface area (Å²) in [5, 5.41) is 3.14. The Kier molecular flexibility index (Phi) is 3.97. The zero-order valence-electron chi connectivity index (χ0n) is 10.3.